The number of benzene rings is 2. The molecular formula is C17H16FN3O. The van der Waals surface area contributed by atoms with Gasteiger partial charge in [0.05, 0.1) is 17.5 Å². The molecule has 4 nitrogen and oxygen atoms in total. The number of nitrogens with zero attached hydrogens (tertiary/aromatic N) is 2. The van der Waals surface area contributed by atoms with Crippen molar-refractivity contribution in [3.05, 3.63) is 53.1 Å². The lowest BCUT2D eigenvalue weighted by atomic mass is 10.1. The number of rotatable bonds is 3. The SMILES string of the molecule is Cc1ccc(Nc2c(C=O)cc3c(ncn3C)c2F)c(C)c1. The summed E-state index contributed by atoms with van der Waals surface area (Å²) >= 11 is 0. The molecule has 0 fully saturated rings. The molecule has 0 aliphatic heterocycles. The lowest BCUT2D eigenvalue weighted by Crippen LogP contribution is -2.02. The van der Waals surface area contributed by atoms with Gasteiger partial charge in [0, 0.05) is 18.3 Å². The zero-order valence-electron chi connectivity index (χ0n) is 12.6. The molecule has 0 saturated carbocycles. The third kappa shape index (κ3) is 2.24. The Bertz CT molecular complexity index is 883. The number of fused-ring (bicyclic) bond motifs is 1. The van der Waals surface area contributed by atoms with E-state index in [1.807, 2.05) is 32.0 Å². The van der Waals surface area contributed by atoms with Gasteiger partial charge in [0.2, 0.25) is 0 Å². The average molecular weight is 297 g/mol. The highest BCUT2D eigenvalue weighted by Crippen LogP contribution is 2.30. The fraction of sp³-hybridized carbons (Fsp3) is 0.176. The molecule has 1 N–H and O–H groups in total. The third-order valence-corrected chi connectivity index (χ3v) is 3.76. The smallest absolute Gasteiger partial charge is 0.175 e. The summed E-state index contributed by atoms with van der Waals surface area (Å²) in [4.78, 5) is 15.4. The van der Waals surface area contributed by atoms with Crippen LogP contribution in [0, 0.1) is 19.7 Å². The summed E-state index contributed by atoms with van der Waals surface area (Å²) in [5.74, 6) is -0.514. The van der Waals surface area contributed by atoms with E-state index in [1.165, 1.54) is 6.33 Å². The van der Waals surface area contributed by atoms with Crippen LogP contribution in [0.1, 0.15) is 21.5 Å². The van der Waals surface area contributed by atoms with Crippen LogP contribution in [-0.4, -0.2) is 15.8 Å². The first kappa shape index (κ1) is 14.3. The van der Waals surface area contributed by atoms with Gasteiger partial charge in [-0.3, -0.25) is 4.79 Å². The van der Waals surface area contributed by atoms with Gasteiger partial charge in [-0.2, -0.15) is 0 Å². The minimum atomic E-state index is -0.514. The Morgan fingerprint density at radius 3 is 2.73 bits per heavy atom. The standard InChI is InChI=1S/C17H16FN3O/c1-10-4-5-13(11(2)6-10)20-16-12(8-22)7-14-17(15(16)18)19-9-21(14)3/h4-9,20H,1-3H3. The van der Waals surface area contributed by atoms with Crippen molar-refractivity contribution in [1.29, 1.82) is 0 Å². The number of nitrogens with one attached hydrogen (secondary N) is 1. The number of carbonyl (C=O) groups excluding carboxylic acids is 1. The molecule has 0 unspecified atom stereocenters. The predicted octanol–water partition coefficient (Wildman–Crippen LogP) is 3.89. The zero-order valence-corrected chi connectivity index (χ0v) is 12.6. The number of carbonyl (C=O) groups is 1. The fourth-order valence-electron chi connectivity index (χ4n) is 2.55. The van der Waals surface area contributed by atoms with Crippen molar-refractivity contribution in [2.75, 3.05) is 5.32 Å². The van der Waals surface area contributed by atoms with Crippen LogP contribution in [0.15, 0.2) is 30.6 Å². The minimum Gasteiger partial charge on any atom is -0.352 e. The van der Waals surface area contributed by atoms with E-state index >= 15 is 0 Å². The normalized spacial score (nSPS) is 10.9. The van der Waals surface area contributed by atoms with Crippen molar-refractivity contribution in [3.8, 4) is 0 Å². The maximum absolute atomic E-state index is 14.7. The Kier molecular flexibility index (Phi) is 3.41. The van der Waals surface area contributed by atoms with Crippen LogP contribution in [0.4, 0.5) is 15.8 Å². The van der Waals surface area contributed by atoms with E-state index < -0.39 is 5.82 Å². The highest BCUT2D eigenvalue weighted by atomic mass is 19.1. The van der Waals surface area contributed by atoms with Gasteiger partial charge in [0.25, 0.3) is 0 Å². The molecular weight excluding hydrogens is 281 g/mol. The van der Waals surface area contributed by atoms with Crippen LogP contribution in [-0.2, 0) is 7.05 Å². The summed E-state index contributed by atoms with van der Waals surface area (Å²) in [5, 5.41) is 3.03. The first-order valence-corrected chi connectivity index (χ1v) is 6.94. The first-order chi connectivity index (χ1) is 10.5. The second-order valence-corrected chi connectivity index (χ2v) is 5.44. The quantitative estimate of drug-likeness (QED) is 0.746. The zero-order chi connectivity index (χ0) is 15.9. The molecule has 0 aliphatic carbocycles. The van der Waals surface area contributed by atoms with Crippen molar-refractivity contribution >= 4 is 28.7 Å². The Hall–Kier alpha value is -2.69. The summed E-state index contributed by atoms with van der Waals surface area (Å²) in [6.45, 7) is 3.93. The van der Waals surface area contributed by atoms with Gasteiger partial charge in [-0.1, -0.05) is 17.7 Å². The molecule has 0 amide bonds. The van der Waals surface area contributed by atoms with Gasteiger partial charge >= 0.3 is 0 Å². The lowest BCUT2D eigenvalue weighted by Gasteiger charge is -2.13. The molecule has 3 aromatic rings. The van der Waals surface area contributed by atoms with Gasteiger partial charge in [-0.05, 0) is 31.5 Å². The highest BCUT2D eigenvalue weighted by molar-refractivity contribution is 5.95. The Balaban J connectivity index is 2.17. The molecule has 1 aromatic heterocycles. The highest BCUT2D eigenvalue weighted by Gasteiger charge is 2.17. The molecule has 112 valence electrons. The van der Waals surface area contributed by atoms with E-state index in [2.05, 4.69) is 10.3 Å². The predicted molar refractivity (Wildman–Crippen MR) is 85.3 cm³/mol. The van der Waals surface area contributed by atoms with Crippen molar-refractivity contribution in [3.63, 3.8) is 0 Å². The fourth-order valence-corrected chi connectivity index (χ4v) is 2.55. The van der Waals surface area contributed by atoms with Gasteiger partial charge in [-0.25, -0.2) is 9.37 Å². The Morgan fingerprint density at radius 1 is 1.27 bits per heavy atom. The third-order valence-electron chi connectivity index (χ3n) is 3.76. The molecule has 1 heterocycles. The Labute approximate surface area is 127 Å². The number of anilines is 2. The number of aromatic nitrogens is 2. The molecule has 0 atom stereocenters. The van der Waals surface area contributed by atoms with Crippen LogP contribution in [0.3, 0.4) is 0 Å². The number of aryl methyl sites for hydroxylation is 3. The second-order valence-electron chi connectivity index (χ2n) is 5.44. The van der Waals surface area contributed by atoms with E-state index in [-0.39, 0.29) is 16.8 Å². The van der Waals surface area contributed by atoms with Crippen LogP contribution >= 0.6 is 0 Å². The molecule has 0 spiro atoms. The van der Waals surface area contributed by atoms with Crippen LogP contribution in [0.25, 0.3) is 11.0 Å². The van der Waals surface area contributed by atoms with Crippen molar-refractivity contribution in [1.82, 2.24) is 9.55 Å². The molecule has 0 radical (unpaired) electrons. The van der Waals surface area contributed by atoms with Crippen LogP contribution in [0.2, 0.25) is 0 Å². The summed E-state index contributed by atoms with van der Waals surface area (Å²) in [7, 11) is 1.76. The number of hydrogen-bond acceptors (Lipinski definition) is 3. The monoisotopic (exact) mass is 297 g/mol. The summed E-state index contributed by atoms with van der Waals surface area (Å²) in [6, 6.07) is 7.46. The molecule has 0 aliphatic rings. The number of hydrogen-bond donors (Lipinski definition) is 1. The lowest BCUT2D eigenvalue weighted by molar-refractivity contribution is 0.112. The van der Waals surface area contributed by atoms with E-state index in [9.17, 15) is 9.18 Å². The molecule has 3 rings (SSSR count). The van der Waals surface area contributed by atoms with E-state index in [4.69, 9.17) is 0 Å². The van der Waals surface area contributed by atoms with E-state index in [1.54, 1.807) is 17.7 Å². The summed E-state index contributed by atoms with van der Waals surface area (Å²) in [5.41, 5.74) is 4.15. The van der Waals surface area contributed by atoms with Gasteiger partial charge in [0.1, 0.15) is 5.52 Å². The van der Waals surface area contributed by atoms with Crippen LogP contribution < -0.4 is 5.32 Å². The van der Waals surface area contributed by atoms with Crippen molar-refractivity contribution < 1.29 is 9.18 Å². The van der Waals surface area contributed by atoms with Gasteiger partial charge in [-0.15, -0.1) is 0 Å². The van der Waals surface area contributed by atoms with Gasteiger partial charge in [0.15, 0.2) is 12.1 Å². The largest absolute Gasteiger partial charge is 0.352 e. The average Bonchev–Trinajstić information content (AvgIpc) is 2.85. The van der Waals surface area contributed by atoms with Crippen molar-refractivity contribution in [2.45, 2.75) is 13.8 Å². The maximum atomic E-state index is 14.7. The molecule has 22 heavy (non-hydrogen) atoms. The number of imidazole rings is 1. The van der Waals surface area contributed by atoms with Crippen molar-refractivity contribution in [2.24, 2.45) is 7.05 Å². The minimum absolute atomic E-state index is 0.160. The number of halogens is 1. The van der Waals surface area contributed by atoms with Gasteiger partial charge < -0.3 is 9.88 Å². The first-order valence-electron chi connectivity index (χ1n) is 6.94. The topological polar surface area (TPSA) is 46.9 Å². The van der Waals surface area contributed by atoms with E-state index in [0.29, 0.717) is 11.8 Å². The Morgan fingerprint density at radius 2 is 2.05 bits per heavy atom. The summed E-state index contributed by atoms with van der Waals surface area (Å²) in [6.07, 6.45) is 2.19. The maximum Gasteiger partial charge on any atom is 0.175 e. The molecule has 5 heteroatoms. The molecule has 0 saturated heterocycles. The molecule has 2 aromatic carbocycles. The molecule has 0 bridgehead atoms. The number of aldehydes is 1. The second kappa shape index (κ2) is 5.26. The van der Waals surface area contributed by atoms with E-state index in [0.717, 1.165) is 16.8 Å². The summed E-state index contributed by atoms with van der Waals surface area (Å²) < 4.78 is 16.4. The van der Waals surface area contributed by atoms with Crippen LogP contribution in [0.5, 0.6) is 0 Å².